The van der Waals surface area contributed by atoms with Crippen molar-refractivity contribution < 1.29 is 13.6 Å². The van der Waals surface area contributed by atoms with E-state index in [1.807, 2.05) is 6.07 Å². The van der Waals surface area contributed by atoms with E-state index >= 15 is 0 Å². The number of likely N-dealkylation sites (N-methyl/N-ethyl adjacent to an activating group) is 1. The molecule has 0 amide bonds. The molecule has 0 saturated heterocycles. The first kappa shape index (κ1) is 13.3. The Kier molecular flexibility index (Phi) is 4.73. The van der Waals surface area contributed by atoms with Crippen molar-refractivity contribution in [1.82, 2.24) is 4.90 Å². The van der Waals surface area contributed by atoms with Crippen LogP contribution < -0.4 is 0 Å². The van der Waals surface area contributed by atoms with Gasteiger partial charge in [0.2, 0.25) is 0 Å². The fourth-order valence-electron chi connectivity index (χ4n) is 1.36. The molecule has 0 N–H and O–H groups in total. The van der Waals surface area contributed by atoms with Crippen LogP contribution in [0.2, 0.25) is 0 Å². The van der Waals surface area contributed by atoms with Crippen LogP contribution in [0, 0.1) is 23.0 Å². The standard InChI is InChI=1S/C12H12F2N2O/c1-16(6-2-5-15)8-12(17)10-7-9(13)3-4-11(10)14/h3-4,7H,2,6,8H2,1H3. The van der Waals surface area contributed by atoms with E-state index in [0.717, 1.165) is 18.2 Å². The molecule has 17 heavy (non-hydrogen) atoms. The van der Waals surface area contributed by atoms with Gasteiger partial charge in [-0.15, -0.1) is 0 Å². The summed E-state index contributed by atoms with van der Waals surface area (Å²) in [6.07, 6.45) is 0.287. The van der Waals surface area contributed by atoms with E-state index in [0.29, 0.717) is 6.54 Å². The van der Waals surface area contributed by atoms with E-state index in [-0.39, 0.29) is 18.5 Å². The van der Waals surface area contributed by atoms with Crippen molar-refractivity contribution in [2.24, 2.45) is 0 Å². The lowest BCUT2D eigenvalue weighted by molar-refractivity contribution is 0.0943. The van der Waals surface area contributed by atoms with Gasteiger partial charge < -0.3 is 0 Å². The monoisotopic (exact) mass is 238 g/mol. The molecule has 0 heterocycles. The second kappa shape index (κ2) is 6.06. The topological polar surface area (TPSA) is 44.1 Å². The first-order chi connectivity index (χ1) is 8.04. The Morgan fingerprint density at radius 3 is 2.82 bits per heavy atom. The normalized spacial score (nSPS) is 10.3. The van der Waals surface area contributed by atoms with Gasteiger partial charge in [0.15, 0.2) is 5.78 Å². The Bertz CT molecular complexity index is 454. The maximum absolute atomic E-state index is 13.3. The predicted octanol–water partition coefficient (Wildman–Crippen LogP) is 1.99. The number of nitrogens with zero attached hydrogens (tertiary/aromatic N) is 2. The number of nitriles is 1. The molecule has 0 aliphatic rings. The molecule has 0 fully saturated rings. The zero-order valence-electron chi connectivity index (χ0n) is 9.41. The van der Waals surface area contributed by atoms with Crippen LogP contribution >= 0.6 is 0 Å². The van der Waals surface area contributed by atoms with Gasteiger partial charge in [-0.05, 0) is 25.2 Å². The Balaban J connectivity index is 2.70. The molecule has 5 heteroatoms. The summed E-state index contributed by atoms with van der Waals surface area (Å²) in [4.78, 5) is 13.3. The summed E-state index contributed by atoms with van der Waals surface area (Å²) in [5, 5.41) is 8.38. The third kappa shape index (κ3) is 3.93. The Labute approximate surface area is 98.3 Å². The fraction of sp³-hybridized carbons (Fsp3) is 0.333. The third-order valence-corrected chi connectivity index (χ3v) is 2.25. The summed E-state index contributed by atoms with van der Waals surface area (Å²) in [6.45, 7) is 0.376. The van der Waals surface area contributed by atoms with E-state index in [4.69, 9.17) is 5.26 Å². The van der Waals surface area contributed by atoms with Crippen LogP contribution in [0.15, 0.2) is 18.2 Å². The lowest BCUT2D eigenvalue weighted by Crippen LogP contribution is -2.27. The summed E-state index contributed by atoms with van der Waals surface area (Å²) in [7, 11) is 1.65. The highest BCUT2D eigenvalue weighted by Gasteiger charge is 2.14. The van der Waals surface area contributed by atoms with Crippen molar-refractivity contribution in [2.45, 2.75) is 6.42 Å². The Morgan fingerprint density at radius 1 is 1.47 bits per heavy atom. The number of ketones is 1. The number of rotatable bonds is 5. The molecular formula is C12H12F2N2O. The molecule has 1 aromatic rings. The van der Waals surface area contributed by atoms with Gasteiger partial charge in [0.05, 0.1) is 18.2 Å². The van der Waals surface area contributed by atoms with Crippen molar-refractivity contribution in [3.8, 4) is 6.07 Å². The highest BCUT2D eigenvalue weighted by molar-refractivity contribution is 5.97. The molecule has 3 nitrogen and oxygen atoms in total. The van der Waals surface area contributed by atoms with Crippen LogP contribution in [0.3, 0.4) is 0 Å². The van der Waals surface area contributed by atoms with Crippen LogP contribution in [0.1, 0.15) is 16.8 Å². The van der Waals surface area contributed by atoms with Crippen molar-refractivity contribution in [3.63, 3.8) is 0 Å². The fourth-order valence-corrected chi connectivity index (χ4v) is 1.36. The van der Waals surface area contributed by atoms with Gasteiger partial charge in [0, 0.05) is 13.0 Å². The minimum absolute atomic E-state index is 0.0396. The molecule has 0 radical (unpaired) electrons. The first-order valence-electron chi connectivity index (χ1n) is 5.08. The van der Waals surface area contributed by atoms with Crippen LogP contribution in [-0.2, 0) is 0 Å². The minimum Gasteiger partial charge on any atom is -0.298 e. The van der Waals surface area contributed by atoms with Gasteiger partial charge in [-0.2, -0.15) is 5.26 Å². The summed E-state index contributed by atoms with van der Waals surface area (Å²) in [6, 6.07) is 4.72. The number of halogens is 2. The molecule has 0 aliphatic carbocycles. The lowest BCUT2D eigenvalue weighted by Gasteiger charge is -2.13. The van der Waals surface area contributed by atoms with Crippen LogP contribution in [-0.4, -0.2) is 30.8 Å². The molecule has 0 aliphatic heterocycles. The Morgan fingerprint density at radius 2 is 2.18 bits per heavy atom. The number of hydrogen-bond donors (Lipinski definition) is 0. The van der Waals surface area contributed by atoms with E-state index in [1.165, 1.54) is 0 Å². The van der Waals surface area contributed by atoms with E-state index in [9.17, 15) is 13.6 Å². The molecule has 0 saturated carbocycles. The van der Waals surface area contributed by atoms with Crippen molar-refractivity contribution >= 4 is 5.78 Å². The SMILES string of the molecule is CN(CCC#N)CC(=O)c1cc(F)ccc1F. The number of carbonyl (C=O) groups excluding carboxylic acids is 1. The second-order valence-corrected chi connectivity index (χ2v) is 3.69. The lowest BCUT2D eigenvalue weighted by atomic mass is 10.1. The maximum atomic E-state index is 13.3. The summed E-state index contributed by atoms with van der Waals surface area (Å²) in [5.41, 5.74) is -0.256. The summed E-state index contributed by atoms with van der Waals surface area (Å²) >= 11 is 0. The number of hydrogen-bond acceptors (Lipinski definition) is 3. The van der Waals surface area contributed by atoms with Crippen LogP contribution in [0.4, 0.5) is 8.78 Å². The highest BCUT2D eigenvalue weighted by atomic mass is 19.1. The van der Waals surface area contributed by atoms with Gasteiger partial charge in [-0.3, -0.25) is 9.69 Å². The predicted molar refractivity (Wildman–Crippen MR) is 58.4 cm³/mol. The average molecular weight is 238 g/mol. The molecule has 1 aromatic carbocycles. The molecule has 1 rings (SSSR count). The molecule has 90 valence electrons. The maximum Gasteiger partial charge on any atom is 0.179 e. The number of carbonyl (C=O) groups is 1. The average Bonchev–Trinajstić information content (AvgIpc) is 2.29. The van der Waals surface area contributed by atoms with Gasteiger partial charge >= 0.3 is 0 Å². The van der Waals surface area contributed by atoms with Crippen molar-refractivity contribution in [3.05, 3.63) is 35.4 Å². The zero-order chi connectivity index (χ0) is 12.8. The summed E-state index contributed by atoms with van der Waals surface area (Å²) in [5.74, 6) is -1.87. The van der Waals surface area contributed by atoms with E-state index in [1.54, 1.807) is 11.9 Å². The molecular weight excluding hydrogens is 226 g/mol. The third-order valence-electron chi connectivity index (χ3n) is 2.25. The van der Waals surface area contributed by atoms with E-state index in [2.05, 4.69) is 0 Å². The Hall–Kier alpha value is -1.80. The van der Waals surface area contributed by atoms with Crippen molar-refractivity contribution in [1.29, 1.82) is 5.26 Å². The van der Waals surface area contributed by atoms with Gasteiger partial charge in [-0.25, -0.2) is 8.78 Å². The van der Waals surface area contributed by atoms with Gasteiger partial charge in [-0.1, -0.05) is 0 Å². The largest absolute Gasteiger partial charge is 0.298 e. The molecule has 0 atom stereocenters. The first-order valence-corrected chi connectivity index (χ1v) is 5.08. The molecule has 0 bridgehead atoms. The van der Waals surface area contributed by atoms with Gasteiger partial charge in [0.25, 0.3) is 0 Å². The molecule has 0 aromatic heterocycles. The minimum atomic E-state index is -0.731. The van der Waals surface area contributed by atoms with E-state index < -0.39 is 17.4 Å². The number of benzene rings is 1. The zero-order valence-corrected chi connectivity index (χ0v) is 9.41. The summed E-state index contributed by atoms with van der Waals surface area (Å²) < 4.78 is 26.1. The van der Waals surface area contributed by atoms with Gasteiger partial charge in [0.1, 0.15) is 11.6 Å². The van der Waals surface area contributed by atoms with Crippen molar-refractivity contribution in [2.75, 3.05) is 20.1 Å². The van der Waals surface area contributed by atoms with Crippen LogP contribution in [0.25, 0.3) is 0 Å². The quantitative estimate of drug-likeness (QED) is 0.737. The number of Topliss-reactive ketones (excluding diaryl/α,β-unsaturated/α-hetero) is 1. The smallest absolute Gasteiger partial charge is 0.179 e. The second-order valence-electron chi connectivity index (χ2n) is 3.69. The highest BCUT2D eigenvalue weighted by Crippen LogP contribution is 2.10. The molecule has 0 spiro atoms. The molecule has 0 unspecified atom stereocenters. The van der Waals surface area contributed by atoms with Crippen LogP contribution in [0.5, 0.6) is 0 Å².